The van der Waals surface area contributed by atoms with Gasteiger partial charge in [-0.25, -0.2) is 4.68 Å². The molecule has 0 atom stereocenters. The molecule has 0 saturated carbocycles. The van der Waals surface area contributed by atoms with Gasteiger partial charge in [0.15, 0.2) is 11.5 Å². The molecule has 3 aromatic rings. The van der Waals surface area contributed by atoms with Gasteiger partial charge in [0, 0.05) is 16.1 Å². The fourth-order valence-electron chi connectivity index (χ4n) is 2.52. The molecule has 1 heterocycles. The van der Waals surface area contributed by atoms with E-state index in [0.29, 0.717) is 12.4 Å². The van der Waals surface area contributed by atoms with Crippen LogP contribution in [-0.2, 0) is 6.54 Å². The number of nitrogens with one attached hydrogen (secondary N) is 1. The normalized spacial score (nSPS) is 10.8. The van der Waals surface area contributed by atoms with E-state index in [1.54, 1.807) is 16.9 Å². The van der Waals surface area contributed by atoms with Crippen LogP contribution in [0.15, 0.2) is 59.2 Å². The Morgan fingerprint density at radius 2 is 1.93 bits per heavy atom. The molecule has 6 nitrogen and oxygen atoms in total. The van der Waals surface area contributed by atoms with Gasteiger partial charge in [-0.1, -0.05) is 28.1 Å². The number of hydrogen-bond acceptors (Lipinski definition) is 4. The molecule has 0 bridgehead atoms. The molecule has 0 fully saturated rings. The van der Waals surface area contributed by atoms with Gasteiger partial charge in [0.25, 0.3) is 5.91 Å². The summed E-state index contributed by atoms with van der Waals surface area (Å²) in [5, 5.41) is 6.98. The quantitative estimate of drug-likeness (QED) is 0.571. The van der Waals surface area contributed by atoms with Gasteiger partial charge in [-0.05, 0) is 35.9 Å². The lowest BCUT2D eigenvalue weighted by molar-refractivity contribution is -0.0512. The number of ether oxygens (including phenoxy) is 2. The molecule has 1 aromatic heterocycles. The maximum absolute atomic E-state index is 12.6. The molecule has 28 heavy (non-hydrogen) atoms. The van der Waals surface area contributed by atoms with Gasteiger partial charge in [-0.2, -0.15) is 13.9 Å². The van der Waals surface area contributed by atoms with Crippen molar-refractivity contribution in [1.82, 2.24) is 9.78 Å². The first kappa shape index (κ1) is 19.8. The Labute approximate surface area is 168 Å². The summed E-state index contributed by atoms with van der Waals surface area (Å²) in [6.45, 7) is -2.51. The SMILES string of the molecule is COc1cc(C(=O)Nc2ccnn2Cc2ccc(Br)cc2)ccc1OC(F)F. The van der Waals surface area contributed by atoms with E-state index in [-0.39, 0.29) is 17.1 Å². The fraction of sp³-hybridized carbons (Fsp3) is 0.158. The first-order chi connectivity index (χ1) is 13.5. The highest BCUT2D eigenvalue weighted by molar-refractivity contribution is 9.10. The fourth-order valence-corrected chi connectivity index (χ4v) is 2.78. The van der Waals surface area contributed by atoms with Gasteiger partial charge in [-0.3, -0.25) is 4.79 Å². The third kappa shape index (κ3) is 4.86. The average molecular weight is 452 g/mol. The summed E-state index contributed by atoms with van der Waals surface area (Å²) in [5.74, 6) is -0.0371. The minimum atomic E-state index is -2.98. The van der Waals surface area contributed by atoms with E-state index in [2.05, 4.69) is 31.1 Å². The lowest BCUT2D eigenvalue weighted by Gasteiger charge is -2.12. The number of hydrogen-bond donors (Lipinski definition) is 1. The van der Waals surface area contributed by atoms with E-state index in [0.717, 1.165) is 10.0 Å². The van der Waals surface area contributed by atoms with Crippen molar-refractivity contribution < 1.29 is 23.0 Å². The molecule has 1 amide bonds. The lowest BCUT2D eigenvalue weighted by atomic mass is 10.2. The highest BCUT2D eigenvalue weighted by Gasteiger charge is 2.15. The molecule has 2 aromatic carbocycles. The Bertz CT molecular complexity index is 961. The highest BCUT2D eigenvalue weighted by Crippen LogP contribution is 2.29. The van der Waals surface area contributed by atoms with Gasteiger partial charge in [0.2, 0.25) is 0 Å². The number of amides is 1. The summed E-state index contributed by atoms with van der Waals surface area (Å²) >= 11 is 3.39. The van der Waals surface area contributed by atoms with E-state index < -0.39 is 12.5 Å². The molecule has 9 heteroatoms. The van der Waals surface area contributed by atoms with E-state index in [9.17, 15) is 13.6 Å². The van der Waals surface area contributed by atoms with Crippen LogP contribution < -0.4 is 14.8 Å². The zero-order valence-electron chi connectivity index (χ0n) is 14.7. The van der Waals surface area contributed by atoms with Crippen LogP contribution in [0.25, 0.3) is 0 Å². The Balaban J connectivity index is 1.75. The minimum Gasteiger partial charge on any atom is -0.493 e. The number of rotatable bonds is 7. The number of methoxy groups -OCH3 is 1. The number of halogens is 3. The van der Waals surface area contributed by atoms with Crippen LogP contribution in [-0.4, -0.2) is 29.4 Å². The van der Waals surface area contributed by atoms with Gasteiger partial charge < -0.3 is 14.8 Å². The summed E-state index contributed by atoms with van der Waals surface area (Å²) in [4.78, 5) is 12.6. The molecule has 3 rings (SSSR count). The van der Waals surface area contributed by atoms with Gasteiger partial charge >= 0.3 is 6.61 Å². The third-order valence-corrected chi connectivity index (χ3v) is 4.37. The highest BCUT2D eigenvalue weighted by atomic mass is 79.9. The molecule has 0 aliphatic heterocycles. The molecule has 0 spiro atoms. The van der Waals surface area contributed by atoms with Crippen molar-refractivity contribution in [3.05, 3.63) is 70.3 Å². The van der Waals surface area contributed by atoms with Gasteiger partial charge in [0.1, 0.15) is 5.82 Å². The largest absolute Gasteiger partial charge is 0.493 e. The zero-order valence-corrected chi connectivity index (χ0v) is 16.3. The van der Waals surface area contributed by atoms with Crippen molar-refractivity contribution in [3.63, 3.8) is 0 Å². The van der Waals surface area contributed by atoms with E-state index in [4.69, 9.17) is 4.74 Å². The van der Waals surface area contributed by atoms with Crippen LogP contribution in [0.2, 0.25) is 0 Å². The van der Waals surface area contributed by atoms with E-state index in [1.807, 2.05) is 24.3 Å². The second kappa shape index (κ2) is 8.83. The molecule has 146 valence electrons. The molecule has 0 aliphatic rings. The van der Waals surface area contributed by atoms with Crippen LogP contribution in [0.5, 0.6) is 11.5 Å². The summed E-state index contributed by atoms with van der Waals surface area (Å²) in [6.07, 6.45) is 1.58. The van der Waals surface area contributed by atoms with Crippen LogP contribution in [0.1, 0.15) is 15.9 Å². The molecule has 0 unspecified atom stereocenters. The first-order valence-electron chi connectivity index (χ1n) is 8.16. The molecule has 0 radical (unpaired) electrons. The zero-order chi connectivity index (χ0) is 20.1. The van der Waals surface area contributed by atoms with Gasteiger partial charge in [-0.15, -0.1) is 0 Å². The van der Waals surface area contributed by atoms with Crippen LogP contribution in [0.4, 0.5) is 14.6 Å². The van der Waals surface area contributed by atoms with Crippen LogP contribution >= 0.6 is 15.9 Å². The number of carbonyl (C=O) groups excluding carboxylic acids is 1. The Morgan fingerprint density at radius 3 is 2.61 bits per heavy atom. The molecular formula is C19H16BrF2N3O3. The molecule has 1 N–H and O–H groups in total. The van der Waals surface area contributed by atoms with Crippen molar-refractivity contribution in [1.29, 1.82) is 0 Å². The van der Waals surface area contributed by atoms with Crippen molar-refractivity contribution in [2.75, 3.05) is 12.4 Å². The Morgan fingerprint density at radius 1 is 1.18 bits per heavy atom. The molecule has 0 saturated heterocycles. The van der Waals surface area contributed by atoms with Gasteiger partial charge in [0.05, 0.1) is 19.9 Å². The number of carbonyl (C=O) groups is 1. The number of anilines is 1. The van der Waals surface area contributed by atoms with E-state index >= 15 is 0 Å². The Kier molecular flexibility index (Phi) is 6.25. The average Bonchev–Trinajstić information content (AvgIpc) is 3.10. The maximum atomic E-state index is 12.6. The summed E-state index contributed by atoms with van der Waals surface area (Å²) in [5.41, 5.74) is 1.24. The minimum absolute atomic E-state index is 0.0383. The first-order valence-corrected chi connectivity index (χ1v) is 8.96. The second-order valence-electron chi connectivity index (χ2n) is 5.70. The predicted octanol–water partition coefficient (Wildman–Crippen LogP) is 4.56. The summed E-state index contributed by atoms with van der Waals surface area (Å²) in [6, 6.07) is 13.4. The molecule has 0 aliphatic carbocycles. The van der Waals surface area contributed by atoms with Crippen molar-refractivity contribution in [2.45, 2.75) is 13.2 Å². The third-order valence-electron chi connectivity index (χ3n) is 3.85. The number of alkyl halides is 2. The summed E-state index contributed by atoms with van der Waals surface area (Å²) < 4.78 is 36.9. The number of nitrogens with zero attached hydrogens (tertiary/aromatic N) is 2. The standard InChI is InChI=1S/C19H16BrF2N3O3/c1-27-16-10-13(4-7-15(16)28-19(21)22)18(26)24-17-8-9-23-25(17)11-12-2-5-14(20)6-3-12/h2-10,19H,11H2,1H3,(H,24,26). The van der Waals surface area contributed by atoms with Crippen LogP contribution in [0, 0.1) is 0 Å². The Hall–Kier alpha value is -2.94. The van der Waals surface area contributed by atoms with E-state index in [1.165, 1.54) is 25.3 Å². The second-order valence-corrected chi connectivity index (χ2v) is 6.61. The van der Waals surface area contributed by atoms with Crippen molar-refractivity contribution >= 4 is 27.7 Å². The monoisotopic (exact) mass is 451 g/mol. The van der Waals surface area contributed by atoms with Crippen molar-refractivity contribution in [2.24, 2.45) is 0 Å². The maximum Gasteiger partial charge on any atom is 0.387 e. The summed E-state index contributed by atoms with van der Waals surface area (Å²) in [7, 11) is 1.31. The number of aromatic nitrogens is 2. The smallest absolute Gasteiger partial charge is 0.387 e. The number of benzene rings is 2. The van der Waals surface area contributed by atoms with Crippen LogP contribution in [0.3, 0.4) is 0 Å². The molecular weight excluding hydrogens is 436 g/mol. The lowest BCUT2D eigenvalue weighted by Crippen LogP contribution is -2.16. The predicted molar refractivity (Wildman–Crippen MR) is 103 cm³/mol. The topological polar surface area (TPSA) is 65.4 Å². The van der Waals surface area contributed by atoms with Crippen molar-refractivity contribution in [3.8, 4) is 11.5 Å².